The predicted octanol–water partition coefficient (Wildman–Crippen LogP) is 3.40. The van der Waals surface area contributed by atoms with Gasteiger partial charge >= 0.3 is 0 Å². The summed E-state index contributed by atoms with van der Waals surface area (Å²) >= 11 is 5.05. The molecule has 0 saturated heterocycles. The van der Waals surface area contributed by atoms with Crippen molar-refractivity contribution in [2.24, 2.45) is 0 Å². The minimum Gasteiger partial charge on any atom is -0.346 e. The molecule has 0 aliphatic carbocycles. The molecule has 18 heavy (non-hydrogen) atoms. The van der Waals surface area contributed by atoms with Gasteiger partial charge in [-0.25, -0.2) is 4.98 Å². The Morgan fingerprint density at radius 1 is 1.39 bits per heavy atom. The summed E-state index contributed by atoms with van der Waals surface area (Å²) in [5.74, 6) is -0.158. The Kier molecular flexibility index (Phi) is 4.49. The highest BCUT2D eigenvalue weighted by molar-refractivity contribution is 9.10. The van der Waals surface area contributed by atoms with Crippen LogP contribution in [0, 0.1) is 0 Å². The molecule has 2 aromatic rings. The van der Waals surface area contributed by atoms with E-state index >= 15 is 0 Å². The molecule has 3 nitrogen and oxygen atoms in total. The van der Waals surface area contributed by atoms with Crippen LogP contribution < -0.4 is 5.32 Å². The molecule has 0 unspecified atom stereocenters. The fourth-order valence-electron chi connectivity index (χ4n) is 1.51. The summed E-state index contributed by atoms with van der Waals surface area (Å²) in [6, 6.07) is 7.75. The minimum absolute atomic E-state index is 0.158. The zero-order valence-electron chi connectivity index (χ0n) is 9.94. The van der Waals surface area contributed by atoms with Gasteiger partial charge in [-0.1, -0.05) is 6.92 Å². The molecule has 0 fully saturated rings. The van der Waals surface area contributed by atoms with E-state index in [4.69, 9.17) is 0 Å². The first-order valence-electron chi connectivity index (χ1n) is 5.67. The van der Waals surface area contributed by atoms with E-state index in [-0.39, 0.29) is 5.91 Å². The second kappa shape index (κ2) is 6.11. The fraction of sp³-hybridized carbons (Fsp3) is 0.231. The maximum absolute atomic E-state index is 11.9. The molecule has 0 saturated carbocycles. The number of aromatic nitrogens is 1. The van der Waals surface area contributed by atoms with Crippen molar-refractivity contribution in [2.75, 3.05) is 0 Å². The third-order valence-corrected chi connectivity index (χ3v) is 4.33. The van der Waals surface area contributed by atoms with E-state index in [1.54, 1.807) is 23.6 Å². The van der Waals surface area contributed by atoms with Crippen LogP contribution in [0.4, 0.5) is 0 Å². The summed E-state index contributed by atoms with van der Waals surface area (Å²) < 4.78 is 0.711. The summed E-state index contributed by atoms with van der Waals surface area (Å²) in [7, 11) is 0. The molecule has 5 heteroatoms. The second-order valence-electron chi connectivity index (χ2n) is 3.74. The van der Waals surface area contributed by atoms with E-state index in [0.29, 0.717) is 16.7 Å². The SMILES string of the molecule is CCc1ccc(CNC(=O)c2ncccc2Br)s1. The van der Waals surface area contributed by atoms with Crippen molar-refractivity contribution in [1.29, 1.82) is 0 Å². The molecule has 0 spiro atoms. The number of nitrogens with one attached hydrogen (secondary N) is 1. The molecule has 0 radical (unpaired) electrons. The summed E-state index contributed by atoms with van der Waals surface area (Å²) in [4.78, 5) is 18.5. The van der Waals surface area contributed by atoms with Gasteiger partial charge in [0.1, 0.15) is 5.69 Å². The Hall–Kier alpha value is -1.20. The average Bonchev–Trinajstić information content (AvgIpc) is 2.84. The minimum atomic E-state index is -0.158. The first kappa shape index (κ1) is 13.2. The molecule has 0 aromatic carbocycles. The zero-order valence-corrected chi connectivity index (χ0v) is 12.3. The van der Waals surface area contributed by atoms with Gasteiger partial charge in [0.15, 0.2) is 0 Å². The highest BCUT2D eigenvalue weighted by atomic mass is 79.9. The monoisotopic (exact) mass is 324 g/mol. The molecule has 2 heterocycles. The van der Waals surface area contributed by atoms with Gasteiger partial charge in [0.05, 0.1) is 6.54 Å². The third kappa shape index (κ3) is 3.17. The molecule has 1 amide bonds. The smallest absolute Gasteiger partial charge is 0.271 e. The number of hydrogen-bond donors (Lipinski definition) is 1. The lowest BCUT2D eigenvalue weighted by molar-refractivity contribution is 0.0945. The van der Waals surface area contributed by atoms with Gasteiger partial charge in [0.25, 0.3) is 5.91 Å². The average molecular weight is 325 g/mol. The normalized spacial score (nSPS) is 10.3. The molecule has 1 N–H and O–H groups in total. The molecule has 0 aliphatic heterocycles. The van der Waals surface area contributed by atoms with Crippen molar-refractivity contribution in [3.8, 4) is 0 Å². The number of pyridine rings is 1. The zero-order chi connectivity index (χ0) is 13.0. The van der Waals surface area contributed by atoms with Crippen molar-refractivity contribution in [2.45, 2.75) is 19.9 Å². The number of hydrogen-bond acceptors (Lipinski definition) is 3. The number of halogens is 1. The Morgan fingerprint density at radius 3 is 2.83 bits per heavy atom. The number of rotatable bonds is 4. The Bertz CT molecular complexity index is 553. The predicted molar refractivity (Wildman–Crippen MR) is 76.8 cm³/mol. The second-order valence-corrected chi connectivity index (χ2v) is 5.85. The van der Waals surface area contributed by atoms with Crippen molar-refractivity contribution >= 4 is 33.2 Å². The van der Waals surface area contributed by atoms with E-state index in [2.05, 4.69) is 45.3 Å². The van der Waals surface area contributed by atoms with Crippen LogP contribution in [0.3, 0.4) is 0 Å². The Balaban J connectivity index is 1.98. The maximum atomic E-state index is 11.9. The lowest BCUT2D eigenvalue weighted by atomic mass is 10.3. The van der Waals surface area contributed by atoms with Crippen LogP contribution >= 0.6 is 27.3 Å². The topological polar surface area (TPSA) is 42.0 Å². The summed E-state index contributed by atoms with van der Waals surface area (Å²) in [6.45, 7) is 2.67. The largest absolute Gasteiger partial charge is 0.346 e. The van der Waals surface area contributed by atoms with Crippen molar-refractivity contribution < 1.29 is 4.79 Å². The van der Waals surface area contributed by atoms with E-state index in [9.17, 15) is 4.79 Å². The molecule has 0 aliphatic rings. The number of nitrogens with zero attached hydrogens (tertiary/aromatic N) is 1. The summed E-state index contributed by atoms with van der Waals surface area (Å²) in [6.07, 6.45) is 2.64. The van der Waals surface area contributed by atoms with Crippen LogP contribution in [0.1, 0.15) is 27.2 Å². The summed E-state index contributed by atoms with van der Waals surface area (Å²) in [5, 5.41) is 2.87. The van der Waals surface area contributed by atoms with Crippen LogP contribution in [0.25, 0.3) is 0 Å². The standard InChI is InChI=1S/C13H13BrN2OS/c1-2-9-5-6-10(18-9)8-16-13(17)12-11(14)4-3-7-15-12/h3-7H,2,8H2,1H3,(H,16,17). The van der Waals surface area contributed by atoms with Crippen molar-refractivity contribution in [3.05, 3.63) is 50.4 Å². The van der Waals surface area contributed by atoms with E-state index in [1.807, 2.05) is 6.07 Å². The van der Waals surface area contributed by atoms with Crippen molar-refractivity contribution in [1.82, 2.24) is 10.3 Å². The van der Waals surface area contributed by atoms with E-state index in [1.165, 1.54) is 4.88 Å². The van der Waals surface area contributed by atoms with Gasteiger partial charge in [-0.05, 0) is 46.6 Å². The van der Waals surface area contributed by atoms with Crippen LogP contribution in [0.15, 0.2) is 34.9 Å². The van der Waals surface area contributed by atoms with Gasteiger partial charge in [0, 0.05) is 20.4 Å². The van der Waals surface area contributed by atoms with Crippen LogP contribution in [0.2, 0.25) is 0 Å². The first-order valence-corrected chi connectivity index (χ1v) is 7.28. The highest BCUT2D eigenvalue weighted by Gasteiger charge is 2.10. The number of carbonyl (C=O) groups excluding carboxylic acids is 1. The van der Waals surface area contributed by atoms with Gasteiger partial charge in [-0.2, -0.15) is 0 Å². The Labute approximate surface area is 118 Å². The quantitative estimate of drug-likeness (QED) is 0.936. The van der Waals surface area contributed by atoms with Gasteiger partial charge in [-0.15, -0.1) is 11.3 Å². The summed E-state index contributed by atoms with van der Waals surface area (Å²) in [5.41, 5.74) is 0.421. The van der Waals surface area contributed by atoms with Gasteiger partial charge in [-0.3, -0.25) is 4.79 Å². The van der Waals surface area contributed by atoms with Gasteiger partial charge < -0.3 is 5.32 Å². The first-order chi connectivity index (χ1) is 8.70. The molecule has 94 valence electrons. The number of carbonyl (C=O) groups is 1. The lowest BCUT2D eigenvalue weighted by Gasteiger charge is -2.04. The molecule has 2 aromatic heterocycles. The van der Waals surface area contributed by atoms with E-state index < -0.39 is 0 Å². The van der Waals surface area contributed by atoms with Crippen LogP contribution in [0.5, 0.6) is 0 Å². The van der Waals surface area contributed by atoms with Crippen LogP contribution in [-0.4, -0.2) is 10.9 Å². The Morgan fingerprint density at radius 2 is 2.17 bits per heavy atom. The lowest BCUT2D eigenvalue weighted by Crippen LogP contribution is -2.23. The molecule has 2 rings (SSSR count). The van der Waals surface area contributed by atoms with Crippen LogP contribution in [-0.2, 0) is 13.0 Å². The van der Waals surface area contributed by atoms with Gasteiger partial charge in [0.2, 0.25) is 0 Å². The fourth-order valence-corrected chi connectivity index (χ4v) is 2.84. The molecule has 0 atom stereocenters. The molecular formula is C13H13BrN2OS. The third-order valence-electron chi connectivity index (χ3n) is 2.46. The van der Waals surface area contributed by atoms with Crippen molar-refractivity contribution in [3.63, 3.8) is 0 Å². The molecule has 0 bridgehead atoms. The number of amides is 1. The highest BCUT2D eigenvalue weighted by Crippen LogP contribution is 2.17. The molecular weight excluding hydrogens is 312 g/mol. The number of thiophene rings is 1. The number of aryl methyl sites for hydroxylation is 1. The van der Waals surface area contributed by atoms with E-state index in [0.717, 1.165) is 11.3 Å². The maximum Gasteiger partial charge on any atom is 0.271 e.